The Balaban J connectivity index is 0.00000192. The van der Waals surface area contributed by atoms with E-state index in [4.69, 9.17) is 21.1 Å². The van der Waals surface area contributed by atoms with Crippen LogP contribution in [0.25, 0.3) is 10.8 Å². The monoisotopic (exact) mass is 393 g/mol. The third kappa shape index (κ3) is 3.59. The Morgan fingerprint density at radius 3 is 2.22 bits per heavy atom. The maximum Gasteiger partial charge on any atom is 0.128 e. The van der Waals surface area contributed by atoms with Crippen LogP contribution in [-0.2, 0) is 6.42 Å². The van der Waals surface area contributed by atoms with Crippen molar-refractivity contribution in [3.05, 3.63) is 64.9 Å². The van der Waals surface area contributed by atoms with Crippen LogP contribution in [0.3, 0.4) is 0 Å². The Bertz CT molecular complexity index is 806. The summed E-state index contributed by atoms with van der Waals surface area (Å²) in [5.41, 5.74) is 2.26. The topological polar surface area (TPSA) is 31.4 Å². The molecule has 0 bridgehead atoms. The second-order valence-corrected chi connectivity index (χ2v) is 5.43. The van der Waals surface area contributed by atoms with Crippen LogP contribution >= 0.6 is 28.6 Å². The molecule has 0 spiro atoms. The maximum atomic E-state index is 5.95. The van der Waals surface area contributed by atoms with E-state index in [0.717, 1.165) is 39.3 Å². The lowest BCUT2D eigenvalue weighted by atomic mass is 10.00. The molecule has 3 rings (SSSR count). The minimum absolute atomic E-state index is 0. The van der Waals surface area contributed by atoms with Gasteiger partial charge < -0.3 is 9.47 Å². The van der Waals surface area contributed by atoms with E-state index in [1.165, 1.54) is 5.56 Å². The fourth-order valence-electron chi connectivity index (χ4n) is 2.61. The van der Waals surface area contributed by atoms with Gasteiger partial charge in [0.05, 0.1) is 14.2 Å². The summed E-state index contributed by atoms with van der Waals surface area (Å²) in [5.74, 6) is 1.61. The molecule has 0 saturated carbocycles. The number of hydrogen-bond acceptors (Lipinski definition) is 3. The van der Waals surface area contributed by atoms with Crippen molar-refractivity contribution in [2.75, 3.05) is 14.2 Å². The van der Waals surface area contributed by atoms with Gasteiger partial charge in [-0.3, -0.25) is 4.98 Å². The summed E-state index contributed by atoms with van der Waals surface area (Å²) in [5, 5.41) is 2.72. The number of methoxy groups -OCH3 is 2. The summed E-state index contributed by atoms with van der Waals surface area (Å²) in [4.78, 5) is 4.35. The van der Waals surface area contributed by atoms with Crippen molar-refractivity contribution in [1.29, 1.82) is 0 Å². The fraction of sp³-hybridized carbons (Fsp3) is 0.167. The smallest absolute Gasteiger partial charge is 0.128 e. The molecule has 0 aliphatic rings. The lowest BCUT2D eigenvalue weighted by Crippen LogP contribution is -1.96. The number of halogens is 2. The summed E-state index contributed by atoms with van der Waals surface area (Å²) in [6, 6.07) is 11.7. The number of fused-ring (bicyclic) bond motifs is 1. The Hall–Kier alpha value is -1.78. The largest absolute Gasteiger partial charge is 0.496 e. The van der Waals surface area contributed by atoms with Gasteiger partial charge in [-0.1, -0.05) is 23.7 Å². The Morgan fingerprint density at radius 1 is 0.913 bits per heavy atom. The number of pyridine rings is 1. The van der Waals surface area contributed by atoms with E-state index in [-0.39, 0.29) is 17.0 Å². The molecule has 0 unspecified atom stereocenters. The summed E-state index contributed by atoms with van der Waals surface area (Å²) in [6.45, 7) is 0. The zero-order valence-corrected chi connectivity index (χ0v) is 15.3. The first-order chi connectivity index (χ1) is 10.7. The first kappa shape index (κ1) is 17.6. The van der Waals surface area contributed by atoms with Gasteiger partial charge in [-0.15, -0.1) is 17.0 Å². The molecule has 0 aliphatic carbocycles. The van der Waals surface area contributed by atoms with E-state index < -0.39 is 0 Å². The number of nitrogens with zero attached hydrogens (tertiary/aromatic N) is 1. The van der Waals surface area contributed by atoms with E-state index in [1.807, 2.05) is 48.8 Å². The van der Waals surface area contributed by atoms with Crippen LogP contribution in [0.5, 0.6) is 11.5 Å². The molecule has 0 saturated heterocycles. The molecule has 0 radical (unpaired) electrons. The van der Waals surface area contributed by atoms with Gasteiger partial charge in [0.25, 0.3) is 0 Å². The molecule has 0 aliphatic heterocycles. The molecule has 1 heterocycles. The van der Waals surface area contributed by atoms with Crippen LogP contribution < -0.4 is 9.47 Å². The van der Waals surface area contributed by atoms with Crippen molar-refractivity contribution in [2.24, 2.45) is 0 Å². The first-order valence-corrected chi connectivity index (χ1v) is 7.32. The van der Waals surface area contributed by atoms with Crippen LogP contribution in [0.2, 0.25) is 5.02 Å². The predicted molar refractivity (Wildman–Crippen MR) is 99.4 cm³/mol. The normalized spacial score (nSPS) is 10.2. The molecule has 0 N–H and O–H groups in total. The third-order valence-corrected chi connectivity index (χ3v) is 3.92. The Labute approximate surface area is 151 Å². The van der Waals surface area contributed by atoms with E-state index in [0.29, 0.717) is 0 Å². The average molecular weight is 395 g/mol. The van der Waals surface area contributed by atoms with Crippen molar-refractivity contribution in [3.63, 3.8) is 0 Å². The predicted octanol–water partition coefficient (Wildman–Crippen LogP) is 5.07. The molecule has 0 fully saturated rings. The average Bonchev–Trinajstić information content (AvgIpc) is 2.56. The molecular formula is C18H17BrClNO2. The van der Waals surface area contributed by atoms with Gasteiger partial charge in [-0.2, -0.15) is 0 Å². The standard InChI is InChI=1S/C18H16ClNO2.BrH/c1-21-16-7-8-17(22-2)18-13(10-20-11-15(16)18)9-12-3-5-14(19)6-4-12;/h3-8,10-11H,9H2,1-2H3;1H. The zero-order valence-electron chi connectivity index (χ0n) is 12.9. The lowest BCUT2D eigenvalue weighted by molar-refractivity contribution is 0.410. The summed E-state index contributed by atoms with van der Waals surface area (Å²) in [6.07, 6.45) is 4.44. The van der Waals surface area contributed by atoms with Crippen molar-refractivity contribution in [2.45, 2.75) is 6.42 Å². The second kappa shape index (κ2) is 7.66. The highest BCUT2D eigenvalue weighted by Gasteiger charge is 2.12. The number of ether oxygens (including phenoxy) is 2. The van der Waals surface area contributed by atoms with Crippen molar-refractivity contribution < 1.29 is 9.47 Å². The summed E-state index contributed by atoms with van der Waals surface area (Å²) in [7, 11) is 3.33. The molecular weight excluding hydrogens is 378 g/mol. The number of rotatable bonds is 4. The number of benzene rings is 2. The summed E-state index contributed by atoms with van der Waals surface area (Å²) < 4.78 is 11.0. The van der Waals surface area contributed by atoms with E-state index in [1.54, 1.807) is 14.2 Å². The van der Waals surface area contributed by atoms with Gasteiger partial charge in [0, 0.05) is 28.2 Å². The highest BCUT2D eigenvalue weighted by molar-refractivity contribution is 8.93. The SMILES string of the molecule is Br.COc1ccc(OC)c2c(Cc3ccc(Cl)cc3)cncc12. The van der Waals surface area contributed by atoms with Gasteiger partial charge in [-0.25, -0.2) is 0 Å². The minimum atomic E-state index is 0. The second-order valence-electron chi connectivity index (χ2n) is 4.99. The van der Waals surface area contributed by atoms with Crippen molar-refractivity contribution in [3.8, 4) is 11.5 Å². The van der Waals surface area contributed by atoms with Crippen LogP contribution in [0, 0.1) is 0 Å². The Morgan fingerprint density at radius 2 is 1.57 bits per heavy atom. The first-order valence-electron chi connectivity index (χ1n) is 6.95. The van der Waals surface area contributed by atoms with E-state index in [2.05, 4.69) is 4.98 Å². The molecule has 5 heteroatoms. The lowest BCUT2D eigenvalue weighted by Gasteiger charge is -2.13. The molecule has 2 aromatic carbocycles. The van der Waals surface area contributed by atoms with Crippen LogP contribution in [0.4, 0.5) is 0 Å². The van der Waals surface area contributed by atoms with Crippen molar-refractivity contribution >= 4 is 39.4 Å². The van der Waals surface area contributed by atoms with Crippen LogP contribution in [0.1, 0.15) is 11.1 Å². The Kier molecular flexibility index (Phi) is 5.85. The van der Waals surface area contributed by atoms with Crippen molar-refractivity contribution in [1.82, 2.24) is 4.98 Å². The van der Waals surface area contributed by atoms with E-state index >= 15 is 0 Å². The molecule has 0 amide bonds. The van der Waals surface area contributed by atoms with Crippen LogP contribution in [-0.4, -0.2) is 19.2 Å². The molecule has 1 aromatic heterocycles. The third-order valence-electron chi connectivity index (χ3n) is 3.67. The molecule has 3 nitrogen and oxygen atoms in total. The van der Waals surface area contributed by atoms with Gasteiger partial charge in [0.2, 0.25) is 0 Å². The van der Waals surface area contributed by atoms with Gasteiger partial charge >= 0.3 is 0 Å². The highest BCUT2D eigenvalue weighted by atomic mass is 79.9. The van der Waals surface area contributed by atoms with Gasteiger partial charge in [0.15, 0.2) is 0 Å². The zero-order chi connectivity index (χ0) is 15.5. The fourth-order valence-corrected chi connectivity index (χ4v) is 2.74. The number of hydrogen-bond donors (Lipinski definition) is 0. The molecule has 120 valence electrons. The van der Waals surface area contributed by atoms with E-state index in [9.17, 15) is 0 Å². The number of aromatic nitrogens is 1. The molecule has 3 aromatic rings. The minimum Gasteiger partial charge on any atom is -0.496 e. The summed E-state index contributed by atoms with van der Waals surface area (Å²) >= 11 is 5.95. The van der Waals surface area contributed by atoms with Crippen LogP contribution in [0.15, 0.2) is 48.8 Å². The highest BCUT2D eigenvalue weighted by Crippen LogP contribution is 2.35. The van der Waals surface area contributed by atoms with Gasteiger partial charge in [-0.05, 0) is 41.8 Å². The molecule has 23 heavy (non-hydrogen) atoms. The maximum absolute atomic E-state index is 5.95. The van der Waals surface area contributed by atoms with Gasteiger partial charge in [0.1, 0.15) is 11.5 Å². The molecule has 0 atom stereocenters. The quantitative estimate of drug-likeness (QED) is 0.619.